The van der Waals surface area contributed by atoms with E-state index in [4.69, 9.17) is 4.52 Å². The molecule has 1 amide bonds. The number of aromatic nitrogens is 4. The lowest BCUT2D eigenvalue weighted by molar-refractivity contribution is -0.121. The van der Waals surface area contributed by atoms with Gasteiger partial charge in [-0.3, -0.25) is 9.89 Å². The number of benzene rings is 1. The molecule has 0 radical (unpaired) electrons. The molecule has 3 rings (SSSR count). The van der Waals surface area contributed by atoms with Crippen molar-refractivity contribution in [3.8, 4) is 11.4 Å². The zero-order chi connectivity index (χ0) is 18.4. The van der Waals surface area contributed by atoms with Gasteiger partial charge in [0, 0.05) is 30.6 Å². The summed E-state index contributed by atoms with van der Waals surface area (Å²) in [4.78, 5) is 16.3. The summed E-state index contributed by atoms with van der Waals surface area (Å²) in [6.45, 7) is 4.65. The van der Waals surface area contributed by atoms with Crippen molar-refractivity contribution in [2.45, 2.75) is 39.5 Å². The van der Waals surface area contributed by atoms with Crippen LogP contribution in [0.5, 0.6) is 0 Å². The molecule has 0 saturated carbocycles. The standard InChI is InChI=1S/C19H23N5O2/c1-13-16(14(2)23-22-13)9-6-12-20-17(25)10-11-18-21-19(24-26-18)15-7-4-3-5-8-15/h3-5,7-8H,6,9-12H2,1-2H3,(H,20,25)(H,22,23). The molecular weight excluding hydrogens is 330 g/mol. The molecule has 0 unspecified atom stereocenters. The van der Waals surface area contributed by atoms with Gasteiger partial charge >= 0.3 is 0 Å². The monoisotopic (exact) mass is 353 g/mol. The number of H-pyrrole nitrogens is 1. The quantitative estimate of drug-likeness (QED) is 0.607. The second kappa shape index (κ2) is 8.42. The van der Waals surface area contributed by atoms with Crippen LogP contribution in [0.25, 0.3) is 11.4 Å². The molecule has 0 saturated heterocycles. The number of carbonyl (C=O) groups excluding carboxylic acids is 1. The number of amides is 1. The molecule has 0 atom stereocenters. The lowest BCUT2D eigenvalue weighted by Gasteiger charge is -2.04. The molecule has 2 heterocycles. The molecule has 1 aromatic carbocycles. The summed E-state index contributed by atoms with van der Waals surface area (Å²) in [7, 11) is 0. The van der Waals surface area contributed by atoms with Crippen LogP contribution in [0.15, 0.2) is 34.9 Å². The van der Waals surface area contributed by atoms with E-state index in [1.165, 1.54) is 5.56 Å². The maximum Gasteiger partial charge on any atom is 0.227 e. The van der Waals surface area contributed by atoms with E-state index >= 15 is 0 Å². The largest absolute Gasteiger partial charge is 0.356 e. The highest BCUT2D eigenvalue weighted by Crippen LogP contribution is 2.15. The summed E-state index contributed by atoms with van der Waals surface area (Å²) in [5.41, 5.74) is 4.26. The van der Waals surface area contributed by atoms with E-state index in [-0.39, 0.29) is 5.91 Å². The Morgan fingerprint density at radius 3 is 2.73 bits per heavy atom. The fraction of sp³-hybridized carbons (Fsp3) is 0.368. The predicted octanol–water partition coefficient (Wildman–Crippen LogP) is 2.76. The topological polar surface area (TPSA) is 96.7 Å². The summed E-state index contributed by atoms with van der Waals surface area (Å²) in [5.74, 6) is 1.01. The van der Waals surface area contributed by atoms with E-state index in [0.29, 0.717) is 31.1 Å². The Morgan fingerprint density at radius 1 is 1.19 bits per heavy atom. The number of aryl methyl sites for hydroxylation is 3. The van der Waals surface area contributed by atoms with Crippen LogP contribution in [0.3, 0.4) is 0 Å². The van der Waals surface area contributed by atoms with Crippen LogP contribution in [0.4, 0.5) is 0 Å². The van der Waals surface area contributed by atoms with Gasteiger partial charge in [-0.2, -0.15) is 10.1 Å². The zero-order valence-corrected chi connectivity index (χ0v) is 15.1. The van der Waals surface area contributed by atoms with Crippen LogP contribution in [-0.4, -0.2) is 32.8 Å². The number of nitrogens with one attached hydrogen (secondary N) is 2. The molecule has 3 aromatic rings. The van der Waals surface area contributed by atoms with Gasteiger partial charge in [0.15, 0.2) is 0 Å². The van der Waals surface area contributed by atoms with Gasteiger partial charge in [-0.25, -0.2) is 0 Å². The summed E-state index contributed by atoms with van der Waals surface area (Å²) in [6, 6.07) is 9.62. The van der Waals surface area contributed by atoms with Crippen LogP contribution < -0.4 is 5.32 Å². The minimum absolute atomic E-state index is 0.00917. The first-order valence-corrected chi connectivity index (χ1v) is 8.78. The average molecular weight is 353 g/mol. The van der Waals surface area contributed by atoms with Crippen LogP contribution in [-0.2, 0) is 17.6 Å². The van der Waals surface area contributed by atoms with Crippen molar-refractivity contribution >= 4 is 5.91 Å². The fourth-order valence-corrected chi connectivity index (χ4v) is 2.81. The molecule has 7 heteroatoms. The van der Waals surface area contributed by atoms with Gasteiger partial charge in [0.1, 0.15) is 0 Å². The fourth-order valence-electron chi connectivity index (χ4n) is 2.81. The van der Waals surface area contributed by atoms with E-state index in [9.17, 15) is 4.79 Å². The molecule has 0 aliphatic rings. The van der Waals surface area contributed by atoms with Crippen LogP contribution in [0, 0.1) is 13.8 Å². The Labute approximate surface area is 152 Å². The normalized spacial score (nSPS) is 10.8. The number of hydrogen-bond donors (Lipinski definition) is 2. The Bertz CT molecular complexity index is 834. The zero-order valence-electron chi connectivity index (χ0n) is 15.1. The molecule has 0 spiro atoms. The van der Waals surface area contributed by atoms with Crippen molar-refractivity contribution in [1.29, 1.82) is 0 Å². The lowest BCUT2D eigenvalue weighted by atomic mass is 10.1. The van der Waals surface area contributed by atoms with Crippen molar-refractivity contribution < 1.29 is 9.32 Å². The molecule has 136 valence electrons. The maximum absolute atomic E-state index is 12.0. The molecule has 26 heavy (non-hydrogen) atoms. The van der Waals surface area contributed by atoms with Gasteiger partial charge in [0.2, 0.25) is 17.6 Å². The average Bonchev–Trinajstić information content (AvgIpc) is 3.25. The molecule has 0 aliphatic heterocycles. The van der Waals surface area contributed by atoms with Crippen molar-refractivity contribution in [1.82, 2.24) is 25.7 Å². The molecule has 0 aliphatic carbocycles. The van der Waals surface area contributed by atoms with Gasteiger partial charge in [-0.05, 0) is 32.3 Å². The maximum atomic E-state index is 12.0. The van der Waals surface area contributed by atoms with Gasteiger partial charge < -0.3 is 9.84 Å². The Morgan fingerprint density at radius 2 is 2.00 bits per heavy atom. The third kappa shape index (κ3) is 4.56. The summed E-state index contributed by atoms with van der Waals surface area (Å²) in [5, 5.41) is 14.1. The number of hydrogen-bond acceptors (Lipinski definition) is 5. The van der Waals surface area contributed by atoms with Crippen LogP contribution >= 0.6 is 0 Å². The third-order valence-electron chi connectivity index (χ3n) is 4.27. The SMILES string of the molecule is Cc1n[nH]c(C)c1CCCNC(=O)CCc1nc(-c2ccccc2)no1. The van der Waals surface area contributed by atoms with Gasteiger partial charge in [0.05, 0.1) is 5.69 Å². The number of nitrogens with zero attached hydrogens (tertiary/aromatic N) is 3. The molecule has 2 aromatic heterocycles. The molecule has 7 nitrogen and oxygen atoms in total. The van der Waals surface area contributed by atoms with E-state index in [2.05, 4.69) is 25.7 Å². The molecule has 0 bridgehead atoms. The van der Waals surface area contributed by atoms with E-state index < -0.39 is 0 Å². The number of carbonyl (C=O) groups is 1. The number of aromatic amines is 1. The predicted molar refractivity (Wildman–Crippen MR) is 97.4 cm³/mol. The minimum Gasteiger partial charge on any atom is -0.356 e. The van der Waals surface area contributed by atoms with E-state index in [1.54, 1.807) is 0 Å². The smallest absolute Gasteiger partial charge is 0.227 e. The summed E-state index contributed by atoms with van der Waals surface area (Å²) < 4.78 is 5.22. The Hall–Kier alpha value is -2.96. The third-order valence-corrected chi connectivity index (χ3v) is 4.27. The molecular formula is C19H23N5O2. The Balaban J connectivity index is 1.39. The van der Waals surface area contributed by atoms with Crippen molar-refractivity contribution in [2.75, 3.05) is 6.54 Å². The summed E-state index contributed by atoms with van der Waals surface area (Å²) >= 11 is 0. The van der Waals surface area contributed by atoms with E-state index in [0.717, 1.165) is 29.8 Å². The van der Waals surface area contributed by atoms with Gasteiger partial charge in [-0.1, -0.05) is 35.5 Å². The second-order valence-corrected chi connectivity index (χ2v) is 6.24. The van der Waals surface area contributed by atoms with Crippen LogP contribution in [0.2, 0.25) is 0 Å². The summed E-state index contributed by atoms with van der Waals surface area (Å²) in [6.07, 6.45) is 2.55. The highest BCUT2D eigenvalue weighted by atomic mass is 16.5. The molecule has 2 N–H and O–H groups in total. The highest BCUT2D eigenvalue weighted by Gasteiger charge is 2.11. The first kappa shape index (κ1) is 17.8. The van der Waals surface area contributed by atoms with Gasteiger partial charge in [0.25, 0.3) is 0 Å². The van der Waals surface area contributed by atoms with Crippen molar-refractivity contribution in [3.63, 3.8) is 0 Å². The minimum atomic E-state index is -0.00917. The van der Waals surface area contributed by atoms with Crippen molar-refractivity contribution in [2.24, 2.45) is 0 Å². The lowest BCUT2D eigenvalue weighted by Crippen LogP contribution is -2.25. The second-order valence-electron chi connectivity index (χ2n) is 6.24. The number of rotatable bonds is 8. The van der Waals surface area contributed by atoms with Crippen molar-refractivity contribution in [3.05, 3.63) is 53.2 Å². The first-order chi connectivity index (χ1) is 12.6. The van der Waals surface area contributed by atoms with Crippen LogP contribution in [0.1, 0.15) is 35.7 Å². The first-order valence-electron chi connectivity index (χ1n) is 8.78. The van der Waals surface area contributed by atoms with Gasteiger partial charge in [-0.15, -0.1) is 0 Å². The Kier molecular flexibility index (Phi) is 5.78. The van der Waals surface area contributed by atoms with E-state index in [1.807, 2.05) is 44.2 Å². The molecule has 0 fully saturated rings. The highest BCUT2D eigenvalue weighted by molar-refractivity contribution is 5.76.